The van der Waals surface area contributed by atoms with Gasteiger partial charge >= 0.3 is 6.03 Å². The van der Waals surface area contributed by atoms with Gasteiger partial charge in [-0.3, -0.25) is 5.32 Å². The number of aromatic nitrogens is 2. The average Bonchev–Trinajstić information content (AvgIpc) is 3.01. The number of nitriles is 1. The summed E-state index contributed by atoms with van der Waals surface area (Å²) in [4.78, 5) is 12.4. The highest BCUT2D eigenvalue weighted by atomic mass is 35.5. The molecule has 2 N–H and O–H groups in total. The molecule has 0 aliphatic rings. The molecule has 26 heavy (non-hydrogen) atoms. The molecule has 1 heterocycles. The molecule has 0 spiro atoms. The van der Waals surface area contributed by atoms with Crippen molar-refractivity contribution >= 4 is 40.9 Å². The summed E-state index contributed by atoms with van der Waals surface area (Å²) in [5, 5.41) is 20.5. The lowest BCUT2D eigenvalue weighted by atomic mass is 10.3. The van der Waals surface area contributed by atoms with Gasteiger partial charge in [-0.05, 0) is 42.7 Å². The molecule has 1 aromatic heterocycles. The minimum absolute atomic E-state index is 0.313. The first-order chi connectivity index (χ1) is 12.6. The zero-order valence-electron chi connectivity index (χ0n) is 13.7. The summed E-state index contributed by atoms with van der Waals surface area (Å²) in [6.07, 6.45) is 1.83. The lowest BCUT2D eigenvalue weighted by Crippen LogP contribution is -2.21. The van der Waals surface area contributed by atoms with E-state index in [9.17, 15) is 10.1 Å². The van der Waals surface area contributed by atoms with Crippen LogP contribution in [0.1, 0.15) is 5.56 Å². The van der Waals surface area contributed by atoms with E-state index in [1.165, 1.54) is 11.8 Å². The Morgan fingerprint density at radius 1 is 1.15 bits per heavy atom. The maximum atomic E-state index is 12.4. The van der Waals surface area contributed by atoms with Crippen LogP contribution in [0.25, 0.3) is 5.69 Å². The van der Waals surface area contributed by atoms with Crippen LogP contribution in [0.2, 0.25) is 5.02 Å². The molecule has 130 valence electrons. The number of benzene rings is 2. The number of halogens is 1. The Balaban J connectivity index is 1.93. The molecule has 0 saturated heterocycles. The second-order valence-electron chi connectivity index (χ2n) is 5.18. The van der Waals surface area contributed by atoms with Crippen LogP contribution in [0, 0.1) is 11.3 Å². The van der Waals surface area contributed by atoms with Gasteiger partial charge in [-0.25, -0.2) is 9.48 Å². The number of urea groups is 1. The normalized spacial score (nSPS) is 10.2. The number of hydrogen-bond donors (Lipinski definition) is 2. The van der Waals surface area contributed by atoms with Crippen molar-refractivity contribution in [2.75, 3.05) is 16.9 Å². The summed E-state index contributed by atoms with van der Waals surface area (Å²) < 4.78 is 1.55. The molecule has 0 atom stereocenters. The lowest BCUT2D eigenvalue weighted by molar-refractivity contribution is 0.262. The van der Waals surface area contributed by atoms with Crippen molar-refractivity contribution in [1.82, 2.24) is 9.78 Å². The number of anilines is 2. The Morgan fingerprint density at radius 3 is 2.46 bits per heavy atom. The van der Waals surface area contributed by atoms with Crippen molar-refractivity contribution in [1.29, 1.82) is 5.26 Å². The van der Waals surface area contributed by atoms with Crippen molar-refractivity contribution in [3.05, 3.63) is 65.2 Å². The predicted octanol–water partition coefficient (Wildman–Crippen LogP) is 4.76. The van der Waals surface area contributed by atoms with Crippen LogP contribution in [-0.4, -0.2) is 22.1 Å². The highest BCUT2D eigenvalue weighted by molar-refractivity contribution is 7.98. The van der Waals surface area contributed by atoms with Crippen molar-refractivity contribution < 1.29 is 4.79 Å². The Hall–Kier alpha value is -2.95. The third kappa shape index (κ3) is 3.82. The van der Waals surface area contributed by atoms with Gasteiger partial charge in [0.1, 0.15) is 16.7 Å². The maximum Gasteiger partial charge on any atom is 0.324 e. The summed E-state index contributed by atoms with van der Waals surface area (Å²) in [6.45, 7) is 0. The topological polar surface area (TPSA) is 82.7 Å². The van der Waals surface area contributed by atoms with Gasteiger partial charge in [-0.15, -0.1) is 11.8 Å². The highest BCUT2D eigenvalue weighted by Gasteiger charge is 2.20. The molecule has 0 aliphatic carbocycles. The molecule has 6 nitrogen and oxygen atoms in total. The number of carbonyl (C=O) groups excluding carboxylic acids is 1. The fourth-order valence-electron chi connectivity index (χ4n) is 2.32. The maximum absolute atomic E-state index is 12.4. The second-order valence-corrected chi connectivity index (χ2v) is 6.41. The van der Waals surface area contributed by atoms with E-state index in [4.69, 9.17) is 11.6 Å². The molecule has 0 unspecified atom stereocenters. The molecule has 2 amide bonds. The average molecular weight is 384 g/mol. The summed E-state index contributed by atoms with van der Waals surface area (Å²) in [7, 11) is 0. The third-order valence-corrected chi connectivity index (χ3v) is 4.42. The van der Waals surface area contributed by atoms with Crippen LogP contribution in [-0.2, 0) is 0 Å². The Morgan fingerprint density at radius 2 is 1.85 bits per heavy atom. The van der Waals surface area contributed by atoms with E-state index in [0.717, 1.165) is 5.69 Å². The number of amides is 2. The predicted molar refractivity (Wildman–Crippen MR) is 104 cm³/mol. The van der Waals surface area contributed by atoms with Crippen molar-refractivity contribution in [2.45, 2.75) is 5.03 Å². The van der Waals surface area contributed by atoms with Gasteiger partial charge in [-0.1, -0.05) is 29.8 Å². The van der Waals surface area contributed by atoms with Crippen molar-refractivity contribution in [2.24, 2.45) is 0 Å². The van der Waals surface area contributed by atoms with E-state index in [1.54, 1.807) is 28.9 Å². The van der Waals surface area contributed by atoms with Gasteiger partial charge in [0.15, 0.2) is 5.82 Å². The minimum atomic E-state index is -0.478. The first kappa shape index (κ1) is 17.9. The molecule has 0 bridgehead atoms. The van der Waals surface area contributed by atoms with Crippen molar-refractivity contribution in [3.63, 3.8) is 0 Å². The van der Waals surface area contributed by atoms with E-state index in [-0.39, 0.29) is 0 Å². The van der Waals surface area contributed by atoms with Crippen LogP contribution < -0.4 is 10.6 Å². The summed E-state index contributed by atoms with van der Waals surface area (Å²) >= 11 is 7.19. The minimum Gasteiger partial charge on any atom is -0.308 e. The number of thioether (sulfide) groups is 1. The fraction of sp³-hybridized carbons (Fsp3) is 0.0556. The summed E-state index contributed by atoms with van der Waals surface area (Å²) in [5.41, 5.74) is 1.64. The van der Waals surface area contributed by atoms with E-state index >= 15 is 0 Å². The Kier molecular flexibility index (Phi) is 5.46. The number of carbonyl (C=O) groups is 1. The van der Waals surface area contributed by atoms with E-state index in [0.29, 0.717) is 27.1 Å². The van der Waals surface area contributed by atoms with Gasteiger partial charge in [0.05, 0.1) is 5.69 Å². The smallest absolute Gasteiger partial charge is 0.308 e. The van der Waals surface area contributed by atoms with Gasteiger partial charge < -0.3 is 5.32 Å². The number of rotatable bonds is 4. The molecule has 0 fully saturated rings. The highest BCUT2D eigenvalue weighted by Crippen LogP contribution is 2.29. The van der Waals surface area contributed by atoms with Crippen LogP contribution >= 0.6 is 23.4 Å². The molecule has 3 rings (SSSR count). The van der Waals surface area contributed by atoms with Crippen LogP contribution in [0.5, 0.6) is 0 Å². The first-order valence-corrected chi connectivity index (χ1v) is 9.18. The van der Waals surface area contributed by atoms with Crippen LogP contribution in [0.3, 0.4) is 0 Å². The van der Waals surface area contributed by atoms with Gasteiger partial charge in [-0.2, -0.15) is 10.4 Å². The quantitative estimate of drug-likeness (QED) is 0.636. The number of hydrogen-bond acceptors (Lipinski definition) is 4. The lowest BCUT2D eigenvalue weighted by Gasteiger charge is -2.10. The standard InChI is InChI=1S/C18H14ClN5OS/c1-26-17-15(11-20)16(24(23-17)14-5-3-2-4-6-14)22-18(25)21-13-9-7-12(19)8-10-13/h2-10H,1H3,(H2,21,22,25). The molecule has 8 heteroatoms. The molecule has 3 aromatic rings. The number of nitrogens with one attached hydrogen (secondary N) is 2. The molecule has 0 aliphatic heterocycles. The molecule has 2 aromatic carbocycles. The van der Waals surface area contributed by atoms with E-state index in [1.807, 2.05) is 36.6 Å². The van der Waals surface area contributed by atoms with Crippen LogP contribution in [0.15, 0.2) is 59.6 Å². The molecule has 0 radical (unpaired) electrons. The molecule has 0 saturated carbocycles. The first-order valence-electron chi connectivity index (χ1n) is 7.58. The Labute approximate surface area is 159 Å². The van der Waals surface area contributed by atoms with Gasteiger partial charge in [0.25, 0.3) is 0 Å². The largest absolute Gasteiger partial charge is 0.324 e. The van der Waals surface area contributed by atoms with Crippen molar-refractivity contribution in [3.8, 4) is 11.8 Å². The Bertz CT molecular complexity index is 964. The summed E-state index contributed by atoms with van der Waals surface area (Å²) in [6, 6.07) is 17.7. The SMILES string of the molecule is CSc1nn(-c2ccccc2)c(NC(=O)Nc2ccc(Cl)cc2)c1C#N. The zero-order valence-corrected chi connectivity index (χ0v) is 15.3. The van der Waals surface area contributed by atoms with Gasteiger partial charge in [0, 0.05) is 10.7 Å². The van der Waals surface area contributed by atoms with Gasteiger partial charge in [0.2, 0.25) is 0 Å². The summed E-state index contributed by atoms with van der Waals surface area (Å²) in [5.74, 6) is 0.314. The third-order valence-electron chi connectivity index (χ3n) is 3.49. The molecular weight excluding hydrogens is 370 g/mol. The molecular formula is C18H14ClN5OS. The van der Waals surface area contributed by atoms with E-state index in [2.05, 4.69) is 21.8 Å². The van der Waals surface area contributed by atoms with E-state index < -0.39 is 6.03 Å². The zero-order chi connectivity index (χ0) is 18.5. The number of nitrogens with zero attached hydrogens (tertiary/aromatic N) is 3. The monoisotopic (exact) mass is 383 g/mol. The van der Waals surface area contributed by atoms with Crippen LogP contribution in [0.4, 0.5) is 16.3 Å². The second kappa shape index (κ2) is 7.95. The number of para-hydroxylation sites is 1. The fourth-order valence-corrected chi connectivity index (χ4v) is 2.95.